The second-order valence-corrected chi connectivity index (χ2v) is 7.98. The summed E-state index contributed by atoms with van der Waals surface area (Å²) in [6.45, 7) is 5.63. The van der Waals surface area contributed by atoms with Crippen LogP contribution in [0.5, 0.6) is 0 Å². The van der Waals surface area contributed by atoms with Gasteiger partial charge in [-0.3, -0.25) is 9.48 Å². The average molecular weight is 356 g/mol. The van der Waals surface area contributed by atoms with E-state index in [9.17, 15) is 4.79 Å². The quantitative estimate of drug-likeness (QED) is 0.877. The maximum Gasteiger partial charge on any atom is 0.295 e. The van der Waals surface area contributed by atoms with Gasteiger partial charge in [-0.2, -0.15) is 0 Å². The molecule has 2 aliphatic rings. The molecule has 2 aliphatic heterocycles. The number of rotatable bonds is 4. The molecule has 1 unspecified atom stereocenters. The minimum Gasteiger partial charge on any atom is -0.379 e. The number of hydrogen-bond donors (Lipinski definition) is 2. The number of quaternary nitrogens is 1. The minimum atomic E-state index is 0.0554. The summed E-state index contributed by atoms with van der Waals surface area (Å²) in [5, 5.41) is 3.55. The Morgan fingerprint density at radius 2 is 1.88 bits per heavy atom. The number of nitrogens with zero attached hydrogens (tertiary/aromatic N) is 2. The number of nitrogens with one attached hydrogen (secondary N) is 2. The van der Waals surface area contributed by atoms with Crippen LogP contribution in [0.1, 0.15) is 37.8 Å². The highest BCUT2D eigenvalue weighted by Gasteiger charge is 2.36. The van der Waals surface area contributed by atoms with Gasteiger partial charge in [0.05, 0.1) is 30.5 Å². The Kier molecular flexibility index (Phi) is 4.90. The molecule has 26 heavy (non-hydrogen) atoms. The van der Waals surface area contributed by atoms with Gasteiger partial charge in [0.2, 0.25) is 0 Å². The van der Waals surface area contributed by atoms with Gasteiger partial charge in [0.1, 0.15) is 5.69 Å². The summed E-state index contributed by atoms with van der Waals surface area (Å²) in [6, 6.07) is 10.7. The molecule has 2 saturated heterocycles. The summed E-state index contributed by atoms with van der Waals surface area (Å²) in [4.78, 5) is 14.8. The number of aromatic nitrogens is 2. The van der Waals surface area contributed by atoms with Gasteiger partial charge in [0.15, 0.2) is 0 Å². The van der Waals surface area contributed by atoms with Crippen molar-refractivity contribution in [1.82, 2.24) is 9.36 Å². The Hall–Kier alpha value is -2.01. The molecule has 0 bridgehead atoms. The lowest BCUT2D eigenvalue weighted by molar-refractivity contribution is -0.939. The molecule has 2 fully saturated rings. The van der Waals surface area contributed by atoms with Crippen molar-refractivity contribution < 1.29 is 4.90 Å². The van der Waals surface area contributed by atoms with Gasteiger partial charge in [0, 0.05) is 19.5 Å². The first-order valence-corrected chi connectivity index (χ1v) is 10.1. The van der Waals surface area contributed by atoms with Crippen molar-refractivity contribution in [2.45, 2.75) is 45.1 Å². The van der Waals surface area contributed by atoms with Crippen molar-refractivity contribution >= 4 is 5.69 Å². The zero-order valence-electron chi connectivity index (χ0n) is 16.0. The predicted octanol–water partition coefficient (Wildman–Crippen LogP) is 1.74. The van der Waals surface area contributed by atoms with Gasteiger partial charge in [-0.1, -0.05) is 18.2 Å². The molecule has 3 atom stereocenters. The molecule has 5 heteroatoms. The van der Waals surface area contributed by atoms with Crippen LogP contribution < -0.4 is 15.8 Å². The van der Waals surface area contributed by atoms with Gasteiger partial charge < -0.3 is 10.2 Å². The van der Waals surface area contributed by atoms with Crippen LogP contribution in [0.15, 0.2) is 35.1 Å². The Labute approximate surface area is 155 Å². The van der Waals surface area contributed by atoms with Crippen molar-refractivity contribution in [2.24, 2.45) is 13.0 Å². The summed E-state index contributed by atoms with van der Waals surface area (Å²) in [5.41, 5.74) is 2.73. The van der Waals surface area contributed by atoms with Crippen molar-refractivity contribution in [1.29, 1.82) is 0 Å². The highest BCUT2D eigenvalue weighted by Crippen LogP contribution is 2.22. The second kappa shape index (κ2) is 7.31. The summed E-state index contributed by atoms with van der Waals surface area (Å²) in [6.07, 6.45) is 6.71. The lowest BCUT2D eigenvalue weighted by atomic mass is 9.83. The number of piperidine rings is 2. The van der Waals surface area contributed by atoms with E-state index in [1.807, 2.05) is 49.0 Å². The fourth-order valence-electron chi connectivity index (χ4n) is 5.03. The van der Waals surface area contributed by atoms with Crippen LogP contribution in [0.3, 0.4) is 0 Å². The van der Waals surface area contributed by atoms with E-state index in [2.05, 4.69) is 5.32 Å². The van der Waals surface area contributed by atoms with Gasteiger partial charge in [-0.05, 0) is 51.2 Å². The first kappa shape index (κ1) is 17.4. The van der Waals surface area contributed by atoms with E-state index in [0.717, 1.165) is 29.7 Å². The molecule has 0 spiro atoms. The molecule has 4 rings (SSSR count). The van der Waals surface area contributed by atoms with Gasteiger partial charge in [0.25, 0.3) is 5.56 Å². The van der Waals surface area contributed by atoms with Crippen LogP contribution in [0.4, 0.5) is 5.69 Å². The van der Waals surface area contributed by atoms with Crippen LogP contribution in [-0.2, 0) is 7.05 Å². The summed E-state index contributed by atoms with van der Waals surface area (Å²) in [7, 11) is 1.96. The molecule has 1 aromatic carbocycles. The lowest BCUT2D eigenvalue weighted by Gasteiger charge is -2.41. The molecule has 3 heterocycles. The predicted molar refractivity (Wildman–Crippen MR) is 105 cm³/mol. The van der Waals surface area contributed by atoms with Crippen LogP contribution >= 0.6 is 0 Å². The first-order valence-electron chi connectivity index (χ1n) is 10.1. The SMILES string of the molecule is Cc1c(NC[C@@H]2CCC[NH+]3CCCC[C@@H]23)c(=O)n(-c2ccccc2)n1C. The topological polar surface area (TPSA) is 43.4 Å². The minimum absolute atomic E-state index is 0.0554. The van der Waals surface area contributed by atoms with Crippen LogP contribution in [0.25, 0.3) is 5.69 Å². The third-order valence-corrected chi connectivity index (χ3v) is 6.52. The number of para-hydroxylation sites is 1. The Bertz CT molecular complexity index is 805. The van der Waals surface area contributed by atoms with E-state index in [0.29, 0.717) is 5.92 Å². The van der Waals surface area contributed by atoms with Crippen molar-refractivity contribution in [2.75, 3.05) is 25.0 Å². The van der Waals surface area contributed by atoms with Gasteiger partial charge >= 0.3 is 0 Å². The smallest absolute Gasteiger partial charge is 0.295 e. The van der Waals surface area contributed by atoms with E-state index >= 15 is 0 Å². The van der Waals surface area contributed by atoms with E-state index in [-0.39, 0.29) is 5.56 Å². The summed E-state index contributed by atoms with van der Waals surface area (Å²) < 4.78 is 3.72. The Morgan fingerprint density at radius 3 is 2.69 bits per heavy atom. The molecule has 1 aromatic heterocycles. The normalized spacial score (nSPS) is 25.7. The van der Waals surface area contributed by atoms with Gasteiger partial charge in [-0.25, -0.2) is 4.68 Å². The molecule has 0 aliphatic carbocycles. The monoisotopic (exact) mass is 355 g/mol. The fraction of sp³-hybridized carbons (Fsp3) is 0.571. The molecular weight excluding hydrogens is 324 g/mol. The highest BCUT2D eigenvalue weighted by atomic mass is 16.1. The zero-order chi connectivity index (χ0) is 18.1. The molecular formula is C21H31N4O+. The number of hydrogen-bond acceptors (Lipinski definition) is 2. The number of benzene rings is 1. The lowest BCUT2D eigenvalue weighted by Crippen LogP contribution is -3.18. The second-order valence-electron chi connectivity index (χ2n) is 7.98. The van der Waals surface area contributed by atoms with E-state index in [1.54, 1.807) is 9.58 Å². The molecule has 0 saturated carbocycles. The van der Waals surface area contributed by atoms with E-state index < -0.39 is 0 Å². The summed E-state index contributed by atoms with van der Waals surface area (Å²) >= 11 is 0. The molecule has 0 radical (unpaired) electrons. The Morgan fingerprint density at radius 1 is 1.12 bits per heavy atom. The maximum atomic E-state index is 13.0. The largest absolute Gasteiger partial charge is 0.379 e. The maximum absolute atomic E-state index is 13.0. The van der Waals surface area contributed by atoms with Crippen LogP contribution in [0.2, 0.25) is 0 Å². The van der Waals surface area contributed by atoms with Crippen LogP contribution in [0, 0.1) is 12.8 Å². The third kappa shape index (κ3) is 3.09. The molecule has 2 aromatic rings. The highest BCUT2D eigenvalue weighted by molar-refractivity contribution is 5.49. The molecule has 140 valence electrons. The molecule has 0 amide bonds. The zero-order valence-corrected chi connectivity index (χ0v) is 16.0. The number of anilines is 1. The average Bonchev–Trinajstić information content (AvgIpc) is 2.89. The number of fused-ring (bicyclic) bond motifs is 1. The van der Waals surface area contributed by atoms with E-state index in [1.165, 1.54) is 45.2 Å². The molecule has 2 N–H and O–H groups in total. The Balaban J connectivity index is 1.55. The standard InChI is InChI=1S/C21H30N4O/c1-16-20(21(26)25(23(16)2)18-10-4-3-5-11-18)22-15-17-9-8-14-24-13-7-6-12-19(17)24/h3-5,10-11,17,19,22H,6-9,12-15H2,1-2H3/p+1/t17-,19-/m0/s1. The fourth-order valence-corrected chi connectivity index (χ4v) is 5.03. The van der Waals surface area contributed by atoms with Crippen molar-refractivity contribution in [3.63, 3.8) is 0 Å². The van der Waals surface area contributed by atoms with Crippen LogP contribution in [-0.4, -0.2) is 35.0 Å². The van der Waals surface area contributed by atoms with Crippen molar-refractivity contribution in [3.8, 4) is 5.69 Å². The first-order chi connectivity index (χ1) is 12.7. The van der Waals surface area contributed by atoms with E-state index in [4.69, 9.17) is 0 Å². The van der Waals surface area contributed by atoms with Crippen molar-refractivity contribution in [3.05, 3.63) is 46.4 Å². The molecule has 5 nitrogen and oxygen atoms in total. The van der Waals surface area contributed by atoms with Gasteiger partial charge in [-0.15, -0.1) is 0 Å². The third-order valence-electron chi connectivity index (χ3n) is 6.52. The summed E-state index contributed by atoms with van der Waals surface area (Å²) in [5.74, 6) is 0.684.